The summed E-state index contributed by atoms with van der Waals surface area (Å²) in [5.41, 5.74) is 0.580. The predicted molar refractivity (Wildman–Crippen MR) is 63.3 cm³/mol. The van der Waals surface area contributed by atoms with Crippen LogP contribution in [-0.2, 0) is 4.79 Å². The number of carboxylic acid groups (broad SMARTS) is 1. The summed E-state index contributed by atoms with van der Waals surface area (Å²) in [5, 5.41) is 10.8. The van der Waals surface area contributed by atoms with Crippen LogP contribution >= 0.6 is 12.2 Å². The number of carboxylic acids is 1. The van der Waals surface area contributed by atoms with Crippen LogP contribution in [0.25, 0.3) is 10.8 Å². The summed E-state index contributed by atoms with van der Waals surface area (Å²) in [6.07, 6.45) is 0. The molecule has 0 saturated heterocycles. The normalized spacial score (nSPS) is 10.1. The lowest BCUT2D eigenvalue weighted by Gasteiger charge is -2.01. The van der Waals surface area contributed by atoms with E-state index in [1.54, 1.807) is 12.1 Å². The van der Waals surface area contributed by atoms with E-state index in [0.717, 1.165) is 10.8 Å². The molecule has 0 aliphatic carbocycles. The summed E-state index contributed by atoms with van der Waals surface area (Å²) in [6, 6.07) is 13.2. The Balaban J connectivity index is 2.56. The largest absolute Gasteiger partial charge is 0.477 e. The minimum Gasteiger partial charge on any atom is -0.477 e. The van der Waals surface area contributed by atoms with E-state index < -0.39 is 5.97 Å². The van der Waals surface area contributed by atoms with Crippen molar-refractivity contribution < 1.29 is 9.90 Å². The molecule has 0 aliphatic rings. The summed E-state index contributed by atoms with van der Waals surface area (Å²) in [7, 11) is 0. The molecule has 74 valence electrons. The standard InChI is InChI=1S/C12H8O2S/c13-12(14)11(15)10-6-5-8-3-1-2-4-9(8)7-10/h1-7H,(H,13,14). The summed E-state index contributed by atoms with van der Waals surface area (Å²) in [4.78, 5) is 10.7. The SMILES string of the molecule is O=C(O)C(=S)c1ccc2ccccc2c1. The second kappa shape index (κ2) is 3.79. The van der Waals surface area contributed by atoms with Gasteiger partial charge in [-0.2, -0.15) is 0 Å². The molecule has 0 atom stereocenters. The van der Waals surface area contributed by atoms with Gasteiger partial charge in [-0.3, -0.25) is 0 Å². The molecular weight excluding hydrogens is 208 g/mol. The molecule has 0 spiro atoms. The maximum atomic E-state index is 10.7. The van der Waals surface area contributed by atoms with Crippen LogP contribution in [0.5, 0.6) is 0 Å². The summed E-state index contributed by atoms with van der Waals surface area (Å²) >= 11 is 4.81. The fourth-order valence-electron chi connectivity index (χ4n) is 1.45. The van der Waals surface area contributed by atoms with Gasteiger partial charge in [0.15, 0.2) is 0 Å². The van der Waals surface area contributed by atoms with Crippen molar-refractivity contribution in [1.29, 1.82) is 0 Å². The maximum Gasteiger partial charge on any atom is 0.347 e. The average molecular weight is 216 g/mol. The number of thiocarbonyl (C=S) groups is 1. The first kappa shape index (κ1) is 9.80. The molecule has 3 heteroatoms. The second-order valence-electron chi connectivity index (χ2n) is 3.20. The lowest BCUT2D eigenvalue weighted by molar-refractivity contribution is -0.129. The molecule has 2 nitrogen and oxygen atoms in total. The number of fused-ring (bicyclic) bond motifs is 1. The monoisotopic (exact) mass is 216 g/mol. The number of hydrogen-bond acceptors (Lipinski definition) is 2. The minimum atomic E-state index is -1.06. The van der Waals surface area contributed by atoms with Gasteiger partial charge in [-0.1, -0.05) is 48.6 Å². The first-order chi connectivity index (χ1) is 7.18. The molecular formula is C12H8O2S. The Hall–Kier alpha value is -1.74. The number of rotatable bonds is 2. The Morgan fingerprint density at radius 2 is 1.73 bits per heavy atom. The third-order valence-electron chi connectivity index (χ3n) is 2.21. The van der Waals surface area contributed by atoms with Crippen molar-refractivity contribution in [3.63, 3.8) is 0 Å². The zero-order valence-corrected chi connectivity index (χ0v) is 8.62. The lowest BCUT2D eigenvalue weighted by Crippen LogP contribution is -2.10. The van der Waals surface area contributed by atoms with E-state index in [-0.39, 0.29) is 4.86 Å². The number of carbonyl (C=O) groups is 1. The van der Waals surface area contributed by atoms with E-state index in [1.165, 1.54) is 0 Å². The molecule has 2 rings (SSSR count). The first-order valence-corrected chi connectivity index (χ1v) is 4.86. The van der Waals surface area contributed by atoms with Crippen LogP contribution < -0.4 is 0 Å². The topological polar surface area (TPSA) is 37.3 Å². The van der Waals surface area contributed by atoms with Crippen molar-refractivity contribution in [2.75, 3.05) is 0 Å². The van der Waals surface area contributed by atoms with Crippen LogP contribution in [0.3, 0.4) is 0 Å². The molecule has 2 aromatic rings. The fraction of sp³-hybridized carbons (Fsp3) is 0. The lowest BCUT2D eigenvalue weighted by atomic mass is 10.1. The molecule has 0 fully saturated rings. The highest BCUT2D eigenvalue weighted by molar-refractivity contribution is 7.82. The highest BCUT2D eigenvalue weighted by Gasteiger charge is 2.09. The van der Waals surface area contributed by atoms with Gasteiger partial charge >= 0.3 is 5.97 Å². The highest BCUT2D eigenvalue weighted by Crippen LogP contribution is 2.16. The third kappa shape index (κ3) is 1.87. The van der Waals surface area contributed by atoms with Gasteiger partial charge in [0, 0.05) is 5.56 Å². The van der Waals surface area contributed by atoms with E-state index in [1.807, 2.05) is 30.3 Å². The van der Waals surface area contributed by atoms with Crippen LogP contribution in [0.4, 0.5) is 0 Å². The molecule has 0 amide bonds. The van der Waals surface area contributed by atoms with Crippen LogP contribution in [0.2, 0.25) is 0 Å². The molecule has 2 aromatic carbocycles. The van der Waals surface area contributed by atoms with Crippen molar-refractivity contribution >= 4 is 33.8 Å². The molecule has 0 bridgehead atoms. The third-order valence-corrected chi connectivity index (χ3v) is 2.62. The van der Waals surface area contributed by atoms with Crippen LogP contribution in [0.1, 0.15) is 5.56 Å². The zero-order valence-electron chi connectivity index (χ0n) is 7.81. The summed E-state index contributed by atoms with van der Waals surface area (Å²) < 4.78 is 0. The Labute approximate surface area is 92.2 Å². The van der Waals surface area contributed by atoms with Crippen LogP contribution in [0.15, 0.2) is 42.5 Å². The molecule has 15 heavy (non-hydrogen) atoms. The molecule has 0 saturated carbocycles. The Kier molecular flexibility index (Phi) is 2.47. The number of hydrogen-bond donors (Lipinski definition) is 1. The van der Waals surface area contributed by atoms with E-state index in [4.69, 9.17) is 17.3 Å². The molecule has 0 heterocycles. The van der Waals surface area contributed by atoms with Gasteiger partial charge in [-0.15, -0.1) is 0 Å². The van der Waals surface area contributed by atoms with E-state index >= 15 is 0 Å². The number of benzene rings is 2. The van der Waals surface area contributed by atoms with Gasteiger partial charge in [0.25, 0.3) is 0 Å². The summed E-state index contributed by atoms with van der Waals surface area (Å²) in [5.74, 6) is -1.06. The molecule has 0 radical (unpaired) electrons. The smallest absolute Gasteiger partial charge is 0.347 e. The quantitative estimate of drug-likeness (QED) is 0.619. The van der Waals surface area contributed by atoms with Crippen LogP contribution in [-0.4, -0.2) is 15.9 Å². The van der Waals surface area contributed by atoms with Crippen molar-refractivity contribution in [3.8, 4) is 0 Å². The molecule has 0 unspecified atom stereocenters. The Morgan fingerprint density at radius 3 is 2.40 bits per heavy atom. The first-order valence-electron chi connectivity index (χ1n) is 4.45. The average Bonchev–Trinajstić information content (AvgIpc) is 2.27. The zero-order chi connectivity index (χ0) is 10.8. The Morgan fingerprint density at radius 1 is 1.07 bits per heavy atom. The van der Waals surface area contributed by atoms with Gasteiger partial charge in [-0.25, -0.2) is 4.79 Å². The van der Waals surface area contributed by atoms with E-state index in [2.05, 4.69) is 0 Å². The predicted octanol–water partition coefficient (Wildman–Crippen LogP) is 2.64. The van der Waals surface area contributed by atoms with Gasteiger partial charge in [0.05, 0.1) is 0 Å². The minimum absolute atomic E-state index is 0.0410. The molecule has 0 aromatic heterocycles. The summed E-state index contributed by atoms with van der Waals surface area (Å²) in [6.45, 7) is 0. The van der Waals surface area contributed by atoms with E-state index in [9.17, 15) is 4.79 Å². The Bertz CT molecular complexity index is 546. The second-order valence-corrected chi connectivity index (χ2v) is 3.60. The van der Waals surface area contributed by atoms with Gasteiger partial charge in [0.1, 0.15) is 4.86 Å². The van der Waals surface area contributed by atoms with Crippen molar-refractivity contribution in [2.45, 2.75) is 0 Å². The van der Waals surface area contributed by atoms with Gasteiger partial charge in [0.2, 0.25) is 0 Å². The van der Waals surface area contributed by atoms with Gasteiger partial charge < -0.3 is 5.11 Å². The van der Waals surface area contributed by atoms with Crippen molar-refractivity contribution in [1.82, 2.24) is 0 Å². The molecule has 0 aliphatic heterocycles. The van der Waals surface area contributed by atoms with Crippen LogP contribution in [0, 0.1) is 0 Å². The highest BCUT2D eigenvalue weighted by atomic mass is 32.1. The van der Waals surface area contributed by atoms with Crippen molar-refractivity contribution in [3.05, 3.63) is 48.0 Å². The van der Waals surface area contributed by atoms with Crippen molar-refractivity contribution in [2.24, 2.45) is 0 Å². The fourth-order valence-corrected chi connectivity index (χ4v) is 1.58. The number of aliphatic carboxylic acids is 1. The molecule has 1 N–H and O–H groups in total. The van der Waals surface area contributed by atoms with E-state index in [0.29, 0.717) is 5.56 Å². The maximum absolute atomic E-state index is 10.7. The van der Waals surface area contributed by atoms with Gasteiger partial charge in [-0.05, 0) is 16.8 Å².